The number of hydrogen-bond donors (Lipinski definition) is 2. The van der Waals surface area contributed by atoms with Gasteiger partial charge in [-0.05, 0) is 52.8 Å². The van der Waals surface area contributed by atoms with Crippen LogP contribution in [0.25, 0.3) is 0 Å². The first-order valence-electron chi connectivity index (χ1n) is 6.60. The largest absolute Gasteiger partial charge is 0.313 e. The van der Waals surface area contributed by atoms with Gasteiger partial charge < -0.3 is 10.6 Å². The number of rotatable bonds is 6. The molecule has 0 aliphatic rings. The minimum absolute atomic E-state index is 0.0854. The van der Waals surface area contributed by atoms with Crippen LogP contribution in [0.5, 0.6) is 0 Å². The first kappa shape index (κ1) is 15.1. The van der Waals surface area contributed by atoms with Gasteiger partial charge in [0.05, 0.1) is 0 Å². The second-order valence-corrected chi connectivity index (χ2v) is 5.76. The molecule has 0 radical (unpaired) electrons. The SMILES string of the molecule is Cc1cccc(CNCCCNC(C)(C)C)c1F. The van der Waals surface area contributed by atoms with Crippen molar-refractivity contribution in [2.24, 2.45) is 0 Å². The molecular formula is C15H25FN2. The second kappa shape index (κ2) is 6.86. The maximum atomic E-state index is 13.7. The molecule has 0 unspecified atom stereocenters. The fourth-order valence-corrected chi connectivity index (χ4v) is 1.74. The van der Waals surface area contributed by atoms with E-state index < -0.39 is 0 Å². The molecule has 0 saturated heterocycles. The Kier molecular flexibility index (Phi) is 5.76. The lowest BCUT2D eigenvalue weighted by molar-refractivity contribution is 0.418. The van der Waals surface area contributed by atoms with Crippen LogP contribution in [0.1, 0.15) is 38.3 Å². The van der Waals surface area contributed by atoms with Crippen LogP contribution in [0.15, 0.2) is 18.2 Å². The molecule has 0 aliphatic heterocycles. The molecule has 2 nitrogen and oxygen atoms in total. The normalized spacial score (nSPS) is 11.8. The van der Waals surface area contributed by atoms with Crippen LogP contribution in [-0.2, 0) is 6.54 Å². The molecule has 1 rings (SSSR count). The lowest BCUT2D eigenvalue weighted by atomic mass is 10.1. The van der Waals surface area contributed by atoms with Gasteiger partial charge in [0.25, 0.3) is 0 Å². The third-order valence-corrected chi connectivity index (χ3v) is 2.77. The van der Waals surface area contributed by atoms with Crippen LogP contribution in [0, 0.1) is 12.7 Å². The van der Waals surface area contributed by atoms with Gasteiger partial charge in [-0.25, -0.2) is 4.39 Å². The van der Waals surface area contributed by atoms with Crippen molar-refractivity contribution in [3.63, 3.8) is 0 Å². The first-order chi connectivity index (χ1) is 8.40. The molecule has 0 aromatic heterocycles. The van der Waals surface area contributed by atoms with Gasteiger partial charge in [0.2, 0.25) is 0 Å². The van der Waals surface area contributed by atoms with Gasteiger partial charge in [-0.3, -0.25) is 0 Å². The van der Waals surface area contributed by atoms with Crippen molar-refractivity contribution >= 4 is 0 Å². The molecule has 0 atom stereocenters. The smallest absolute Gasteiger partial charge is 0.130 e. The van der Waals surface area contributed by atoms with E-state index in [1.165, 1.54) is 0 Å². The Bertz CT molecular complexity index is 369. The molecule has 0 amide bonds. The van der Waals surface area contributed by atoms with Gasteiger partial charge in [0.1, 0.15) is 5.82 Å². The highest BCUT2D eigenvalue weighted by Gasteiger charge is 2.07. The van der Waals surface area contributed by atoms with Crippen LogP contribution < -0.4 is 10.6 Å². The lowest BCUT2D eigenvalue weighted by Gasteiger charge is -2.20. The average molecular weight is 252 g/mol. The first-order valence-corrected chi connectivity index (χ1v) is 6.60. The summed E-state index contributed by atoms with van der Waals surface area (Å²) < 4.78 is 13.7. The maximum Gasteiger partial charge on any atom is 0.130 e. The summed E-state index contributed by atoms with van der Waals surface area (Å²) in [6.07, 6.45) is 1.05. The molecule has 0 fully saturated rings. The molecule has 0 bridgehead atoms. The number of hydrogen-bond acceptors (Lipinski definition) is 2. The van der Waals surface area contributed by atoms with Crippen molar-refractivity contribution in [2.45, 2.75) is 46.2 Å². The predicted octanol–water partition coefficient (Wildman–Crippen LogP) is 3.00. The van der Waals surface area contributed by atoms with E-state index in [0.29, 0.717) is 12.1 Å². The molecule has 18 heavy (non-hydrogen) atoms. The Morgan fingerprint density at radius 2 is 1.89 bits per heavy atom. The highest BCUT2D eigenvalue weighted by Crippen LogP contribution is 2.11. The Morgan fingerprint density at radius 1 is 1.17 bits per heavy atom. The predicted molar refractivity (Wildman–Crippen MR) is 75.2 cm³/mol. The number of aryl methyl sites for hydroxylation is 1. The van der Waals surface area contributed by atoms with Crippen LogP contribution >= 0.6 is 0 Å². The Labute approximate surface area is 110 Å². The van der Waals surface area contributed by atoms with Gasteiger partial charge >= 0.3 is 0 Å². The fourth-order valence-electron chi connectivity index (χ4n) is 1.74. The molecule has 1 aromatic carbocycles. The summed E-state index contributed by atoms with van der Waals surface area (Å²) in [4.78, 5) is 0. The molecule has 0 spiro atoms. The summed E-state index contributed by atoms with van der Waals surface area (Å²) in [5, 5.41) is 6.70. The Balaban J connectivity index is 2.20. The lowest BCUT2D eigenvalue weighted by Crippen LogP contribution is -2.37. The molecule has 102 valence electrons. The third-order valence-electron chi connectivity index (χ3n) is 2.77. The molecule has 3 heteroatoms. The molecule has 0 heterocycles. The van der Waals surface area contributed by atoms with E-state index in [0.717, 1.165) is 25.1 Å². The molecule has 1 aromatic rings. The quantitative estimate of drug-likeness (QED) is 0.761. The zero-order valence-electron chi connectivity index (χ0n) is 11.9. The zero-order chi connectivity index (χ0) is 13.6. The highest BCUT2D eigenvalue weighted by atomic mass is 19.1. The summed E-state index contributed by atoms with van der Waals surface area (Å²) in [6.45, 7) is 10.7. The van der Waals surface area contributed by atoms with E-state index >= 15 is 0 Å². The van der Waals surface area contributed by atoms with Crippen molar-refractivity contribution in [1.29, 1.82) is 0 Å². The molecule has 0 saturated carbocycles. The monoisotopic (exact) mass is 252 g/mol. The maximum absolute atomic E-state index is 13.7. The zero-order valence-corrected chi connectivity index (χ0v) is 11.9. The van der Waals surface area contributed by atoms with Crippen molar-refractivity contribution in [3.8, 4) is 0 Å². The van der Waals surface area contributed by atoms with E-state index in [4.69, 9.17) is 0 Å². The third kappa shape index (κ3) is 5.61. The van der Waals surface area contributed by atoms with Crippen LogP contribution in [0.2, 0.25) is 0 Å². The summed E-state index contributed by atoms with van der Waals surface area (Å²) in [5.74, 6) is -0.0854. The standard InChI is InChI=1S/C15H25FN2/c1-12-7-5-8-13(14(12)16)11-17-9-6-10-18-15(2,3)4/h5,7-8,17-18H,6,9-11H2,1-4H3. The van der Waals surface area contributed by atoms with E-state index in [1.54, 1.807) is 13.0 Å². The van der Waals surface area contributed by atoms with Gasteiger partial charge in [-0.15, -0.1) is 0 Å². The summed E-state index contributed by atoms with van der Waals surface area (Å²) in [6, 6.07) is 5.53. The Hall–Kier alpha value is -0.930. The molecular weight excluding hydrogens is 227 g/mol. The second-order valence-electron chi connectivity index (χ2n) is 5.76. The summed E-state index contributed by atoms with van der Waals surface area (Å²) >= 11 is 0. The van der Waals surface area contributed by atoms with Crippen LogP contribution in [0.3, 0.4) is 0 Å². The van der Waals surface area contributed by atoms with Crippen molar-refractivity contribution in [2.75, 3.05) is 13.1 Å². The topological polar surface area (TPSA) is 24.1 Å². The minimum atomic E-state index is -0.0854. The van der Waals surface area contributed by atoms with Crippen molar-refractivity contribution in [3.05, 3.63) is 35.1 Å². The van der Waals surface area contributed by atoms with Crippen molar-refractivity contribution in [1.82, 2.24) is 10.6 Å². The summed E-state index contributed by atoms with van der Waals surface area (Å²) in [7, 11) is 0. The van der Waals surface area contributed by atoms with E-state index in [-0.39, 0.29) is 11.4 Å². The van der Waals surface area contributed by atoms with E-state index in [9.17, 15) is 4.39 Å². The van der Waals surface area contributed by atoms with Crippen LogP contribution in [-0.4, -0.2) is 18.6 Å². The van der Waals surface area contributed by atoms with Gasteiger partial charge in [-0.2, -0.15) is 0 Å². The summed E-state index contributed by atoms with van der Waals surface area (Å²) in [5.41, 5.74) is 1.63. The van der Waals surface area contributed by atoms with Gasteiger partial charge in [0.15, 0.2) is 0 Å². The van der Waals surface area contributed by atoms with E-state index in [1.807, 2.05) is 12.1 Å². The van der Waals surface area contributed by atoms with Crippen LogP contribution in [0.4, 0.5) is 4.39 Å². The Morgan fingerprint density at radius 3 is 2.56 bits per heavy atom. The van der Waals surface area contributed by atoms with Gasteiger partial charge in [0, 0.05) is 17.6 Å². The molecule has 2 N–H and O–H groups in total. The molecule has 0 aliphatic carbocycles. The van der Waals surface area contributed by atoms with E-state index in [2.05, 4.69) is 31.4 Å². The average Bonchev–Trinajstić information content (AvgIpc) is 2.27. The number of nitrogens with one attached hydrogen (secondary N) is 2. The highest BCUT2D eigenvalue weighted by molar-refractivity contribution is 5.24. The van der Waals surface area contributed by atoms with Crippen molar-refractivity contribution < 1.29 is 4.39 Å². The fraction of sp³-hybridized carbons (Fsp3) is 0.600. The minimum Gasteiger partial charge on any atom is -0.313 e. The van der Waals surface area contributed by atoms with Gasteiger partial charge in [-0.1, -0.05) is 18.2 Å². The number of benzene rings is 1. The number of halogens is 1.